The van der Waals surface area contributed by atoms with Gasteiger partial charge in [0.25, 0.3) is 0 Å². The fourth-order valence-corrected chi connectivity index (χ4v) is 3.57. The average molecular weight is 334 g/mol. The lowest BCUT2D eigenvalue weighted by atomic mass is 10.0. The summed E-state index contributed by atoms with van der Waals surface area (Å²) in [6, 6.07) is 1.41. The minimum atomic E-state index is -3.61. The van der Waals surface area contributed by atoms with Crippen LogP contribution in [0.4, 0.5) is 5.82 Å². The molecule has 0 radical (unpaired) electrons. The number of aromatic nitrogens is 1. The van der Waals surface area contributed by atoms with Gasteiger partial charge in [-0.2, -0.15) is 0 Å². The van der Waals surface area contributed by atoms with Gasteiger partial charge in [-0.1, -0.05) is 11.6 Å². The van der Waals surface area contributed by atoms with E-state index in [-0.39, 0.29) is 21.9 Å². The molecule has 1 aliphatic heterocycles. The highest BCUT2D eigenvalue weighted by Gasteiger charge is 2.26. The van der Waals surface area contributed by atoms with Gasteiger partial charge in [0, 0.05) is 31.8 Å². The number of halogens is 1. The molecule has 2 rings (SSSR count). The van der Waals surface area contributed by atoms with Crippen LogP contribution in [-0.2, 0) is 14.8 Å². The van der Waals surface area contributed by atoms with Crippen LogP contribution in [0.15, 0.2) is 17.2 Å². The molecule has 1 aromatic rings. The second-order valence-electron chi connectivity index (χ2n) is 5.01. The molecular weight excluding hydrogens is 314 g/mol. The van der Waals surface area contributed by atoms with Crippen LogP contribution in [0.3, 0.4) is 0 Å². The van der Waals surface area contributed by atoms with E-state index in [2.05, 4.69) is 15.0 Å². The summed E-state index contributed by atoms with van der Waals surface area (Å²) < 4.78 is 32.5. The molecule has 0 amide bonds. The molecule has 2 N–H and O–H groups in total. The molecule has 0 aromatic carbocycles. The van der Waals surface area contributed by atoms with Gasteiger partial charge in [0.1, 0.15) is 10.7 Å². The normalized spacial score (nSPS) is 22.4. The number of nitrogens with zero attached hydrogens (tertiary/aromatic N) is 1. The van der Waals surface area contributed by atoms with Crippen molar-refractivity contribution in [3.05, 3.63) is 17.3 Å². The number of nitrogens with one attached hydrogen (secondary N) is 2. The van der Waals surface area contributed by atoms with E-state index in [1.807, 2.05) is 13.8 Å². The van der Waals surface area contributed by atoms with Gasteiger partial charge in [-0.25, -0.2) is 18.1 Å². The number of sulfonamides is 1. The van der Waals surface area contributed by atoms with E-state index in [1.165, 1.54) is 12.3 Å². The van der Waals surface area contributed by atoms with Crippen LogP contribution in [0.2, 0.25) is 5.02 Å². The molecule has 0 aliphatic carbocycles. The minimum Gasteiger partial charge on any atom is -0.378 e. The highest BCUT2D eigenvalue weighted by Crippen LogP contribution is 2.23. The molecule has 1 fully saturated rings. The molecule has 6 nitrogen and oxygen atoms in total. The van der Waals surface area contributed by atoms with Crippen LogP contribution in [0.5, 0.6) is 0 Å². The van der Waals surface area contributed by atoms with E-state index in [1.54, 1.807) is 0 Å². The highest BCUT2D eigenvalue weighted by molar-refractivity contribution is 7.89. The summed E-state index contributed by atoms with van der Waals surface area (Å²) in [6.07, 6.45) is 2.24. The van der Waals surface area contributed by atoms with Crippen LogP contribution >= 0.6 is 11.6 Å². The zero-order valence-corrected chi connectivity index (χ0v) is 13.7. The Morgan fingerprint density at radius 1 is 1.52 bits per heavy atom. The van der Waals surface area contributed by atoms with Crippen molar-refractivity contribution < 1.29 is 13.2 Å². The van der Waals surface area contributed by atoms with E-state index in [4.69, 9.17) is 16.3 Å². The maximum atomic E-state index is 12.2. The molecule has 1 aromatic heterocycles. The summed E-state index contributed by atoms with van der Waals surface area (Å²) in [5, 5.41) is 3.25. The molecule has 118 valence electrons. The van der Waals surface area contributed by atoms with E-state index >= 15 is 0 Å². The van der Waals surface area contributed by atoms with Crippen molar-refractivity contribution in [1.82, 2.24) is 9.71 Å². The molecule has 8 heteroatoms. The minimum absolute atomic E-state index is 0.0701. The maximum absolute atomic E-state index is 12.2. The first kappa shape index (κ1) is 16.5. The molecule has 2 atom stereocenters. The van der Waals surface area contributed by atoms with Crippen LogP contribution in [0.1, 0.15) is 20.3 Å². The summed E-state index contributed by atoms with van der Waals surface area (Å²) in [4.78, 5) is 4.11. The van der Waals surface area contributed by atoms with Gasteiger partial charge in [0.15, 0.2) is 0 Å². The third kappa shape index (κ3) is 4.06. The monoisotopic (exact) mass is 333 g/mol. The zero-order valence-electron chi connectivity index (χ0n) is 12.1. The predicted molar refractivity (Wildman–Crippen MR) is 82.1 cm³/mol. The lowest BCUT2D eigenvalue weighted by molar-refractivity contribution is 0.107. The Balaban J connectivity index is 2.06. The Hall–Kier alpha value is -0.890. The molecule has 2 heterocycles. The molecule has 0 saturated carbocycles. The van der Waals surface area contributed by atoms with Crippen molar-refractivity contribution >= 4 is 27.4 Å². The smallest absolute Gasteiger partial charge is 0.242 e. The van der Waals surface area contributed by atoms with Crippen LogP contribution in [0.25, 0.3) is 0 Å². The molecule has 2 unspecified atom stereocenters. The standard InChI is InChI=1S/C13H20ClN3O3S/c1-3-15-13-12(14)6-11(8-16-13)21(18,19)17-7-10-4-5-20-9(10)2/h6,8-10,17H,3-5,7H2,1-2H3,(H,15,16). The van der Waals surface area contributed by atoms with Crippen molar-refractivity contribution in [2.24, 2.45) is 5.92 Å². The Kier molecular flexibility index (Phi) is 5.43. The number of ether oxygens (including phenoxy) is 1. The lowest BCUT2D eigenvalue weighted by Gasteiger charge is -2.15. The fourth-order valence-electron chi connectivity index (χ4n) is 2.21. The second-order valence-corrected chi connectivity index (χ2v) is 7.18. The van der Waals surface area contributed by atoms with Gasteiger partial charge in [-0.3, -0.25) is 0 Å². The van der Waals surface area contributed by atoms with Crippen molar-refractivity contribution in [2.75, 3.05) is 25.0 Å². The van der Waals surface area contributed by atoms with E-state index in [0.717, 1.165) is 6.42 Å². The highest BCUT2D eigenvalue weighted by atomic mass is 35.5. The van der Waals surface area contributed by atoms with Crippen LogP contribution in [-0.4, -0.2) is 39.2 Å². The van der Waals surface area contributed by atoms with E-state index < -0.39 is 10.0 Å². The van der Waals surface area contributed by atoms with Crippen LogP contribution < -0.4 is 10.0 Å². The van der Waals surface area contributed by atoms with Crippen molar-refractivity contribution in [3.63, 3.8) is 0 Å². The van der Waals surface area contributed by atoms with Crippen molar-refractivity contribution in [2.45, 2.75) is 31.3 Å². The molecule has 1 saturated heterocycles. The lowest BCUT2D eigenvalue weighted by Crippen LogP contribution is -2.32. The SMILES string of the molecule is CCNc1ncc(S(=O)(=O)NCC2CCOC2C)cc1Cl. The van der Waals surface area contributed by atoms with Gasteiger partial charge < -0.3 is 10.1 Å². The Bertz CT molecular complexity index is 594. The first-order valence-electron chi connectivity index (χ1n) is 6.94. The largest absolute Gasteiger partial charge is 0.378 e. The van der Waals surface area contributed by atoms with Gasteiger partial charge >= 0.3 is 0 Å². The molecule has 1 aliphatic rings. The first-order chi connectivity index (χ1) is 9.94. The molecule has 21 heavy (non-hydrogen) atoms. The van der Waals surface area contributed by atoms with Crippen LogP contribution in [0, 0.1) is 5.92 Å². The Morgan fingerprint density at radius 3 is 2.86 bits per heavy atom. The number of pyridine rings is 1. The van der Waals surface area contributed by atoms with E-state index in [9.17, 15) is 8.42 Å². The fraction of sp³-hybridized carbons (Fsp3) is 0.615. The predicted octanol–water partition coefficient (Wildman–Crippen LogP) is 1.87. The summed E-state index contributed by atoms with van der Waals surface area (Å²) in [7, 11) is -3.61. The molecule has 0 bridgehead atoms. The Labute approximate surface area is 130 Å². The number of hydrogen-bond donors (Lipinski definition) is 2. The second kappa shape index (κ2) is 6.91. The van der Waals surface area contributed by atoms with Crippen molar-refractivity contribution in [3.8, 4) is 0 Å². The topological polar surface area (TPSA) is 80.3 Å². The quantitative estimate of drug-likeness (QED) is 0.830. The first-order valence-corrected chi connectivity index (χ1v) is 8.81. The Morgan fingerprint density at radius 2 is 2.29 bits per heavy atom. The summed E-state index contributed by atoms with van der Waals surface area (Å²) >= 11 is 6.03. The maximum Gasteiger partial charge on any atom is 0.242 e. The van der Waals surface area contributed by atoms with Gasteiger partial charge in [0.2, 0.25) is 10.0 Å². The third-order valence-corrected chi connectivity index (χ3v) is 5.22. The molecular formula is C13H20ClN3O3S. The van der Waals surface area contributed by atoms with Gasteiger partial charge in [0.05, 0.1) is 11.1 Å². The zero-order chi connectivity index (χ0) is 15.5. The number of anilines is 1. The third-order valence-electron chi connectivity index (χ3n) is 3.54. The van der Waals surface area contributed by atoms with Crippen molar-refractivity contribution in [1.29, 1.82) is 0 Å². The van der Waals surface area contributed by atoms with Gasteiger partial charge in [-0.05, 0) is 26.3 Å². The number of rotatable bonds is 6. The summed E-state index contributed by atoms with van der Waals surface area (Å²) in [6.45, 7) is 5.57. The molecule has 0 spiro atoms. The summed E-state index contributed by atoms with van der Waals surface area (Å²) in [5.41, 5.74) is 0. The summed E-state index contributed by atoms with van der Waals surface area (Å²) in [5.74, 6) is 0.681. The average Bonchev–Trinajstić information content (AvgIpc) is 2.84. The van der Waals surface area contributed by atoms with Gasteiger partial charge in [-0.15, -0.1) is 0 Å². The number of hydrogen-bond acceptors (Lipinski definition) is 5. The van der Waals surface area contributed by atoms with E-state index in [0.29, 0.717) is 25.5 Å².